The van der Waals surface area contributed by atoms with E-state index in [1.807, 2.05) is 60.0 Å². The molecule has 0 aliphatic rings. The highest BCUT2D eigenvalue weighted by molar-refractivity contribution is 5.93. The smallest absolute Gasteiger partial charge is 0.222 e. The molecule has 0 saturated heterocycles. The van der Waals surface area contributed by atoms with Crippen LogP contribution in [0.3, 0.4) is 0 Å². The molecule has 1 N–H and O–H groups in total. The fourth-order valence-electron chi connectivity index (χ4n) is 2.23. The zero-order chi connectivity index (χ0) is 14.1. The van der Waals surface area contributed by atoms with Crippen LogP contribution in [0.2, 0.25) is 0 Å². The largest absolute Gasteiger partial charge is 0.310 e. The van der Waals surface area contributed by atoms with E-state index in [0.717, 1.165) is 22.5 Å². The van der Waals surface area contributed by atoms with Gasteiger partial charge in [-0.05, 0) is 18.6 Å². The van der Waals surface area contributed by atoms with Gasteiger partial charge in [-0.1, -0.05) is 36.4 Å². The van der Waals surface area contributed by atoms with E-state index >= 15 is 0 Å². The Hall–Kier alpha value is -2.62. The number of nitrogens with one attached hydrogen (secondary N) is 1. The van der Waals surface area contributed by atoms with Gasteiger partial charge in [0, 0.05) is 18.7 Å². The normalized spacial score (nSPS) is 10.7. The molecule has 0 radical (unpaired) electrons. The predicted octanol–water partition coefficient (Wildman–Crippen LogP) is 3.27. The monoisotopic (exact) mass is 265 g/mol. The second kappa shape index (κ2) is 4.81. The van der Waals surface area contributed by atoms with Crippen LogP contribution in [-0.4, -0.2) is 15.3 Å². The number of hydrogen-bond acceptors (Lipinski definition) is 2. The molecule has 0 fully saturated rings. The fraction of sp³-hybridized carbons (Fsp3) is 0.125. The average molecular weight is 265 g/mol. The van der Waals surface area contributed by atoms with E-state index in [0.29, 0.717) is 5.82 Å². The van der Waals surface area contributed by atoms with Gasteiger partial charge < -0.3 is 5.32 Å². The van der Waals surface area contributed by atoms with E-state index in [9.17, 15) is 4.79 Å². The molecule has 4 heteroatoms. The molecule has 3 aromatic rings. The van der Waals surface area contributed by atoms with Crippen LogP contribution >= 0.6 is 0 Å². The molecule has 0 saturated carbocycles. The molecule has 20 heavy (non-hydrogen) atoms. The highest BCUT2D eigenvalue weighted by Crippen LogP contribution is 2.28. The molecule has 0 aliphatic heterocycles. The van der Waals surface area contributed by atoms with E-state index < -0.39 is 0 Å². The predicted molar refractivity (Wildman–Crippen MR) is 79.7 cm³/mol. The lowest BCUT2D eigenvalue weighted by Gasteiger charge is -2.06. The molecule has 0 unspecified atom stereocenters. The molecule has 0 spiro atoms. The van der Waals surface area contributed by atoms with E-state index in [-0.39, 0.29) is 5.91 Å². The van der Waals surface area contributed by atoms with Gasteiger partial charge in [0.25, 0.3) is 0 Å². The first-order chi connectivity index (χ1) is 9.65. The van der Waals surface area contributed by atoms with Crippen molar-refractivity contribution in [2.24, 2.45) is 0 Å². The SMILES string of the molecule is CC(=O)Nc1c(-c2ccccc2)nc2ccc(C)cn12. The Balaban J connectivity index is 2.28. The molecule has 2 heterocycles. The summed E-state index contributed by atoms with van der Waals surface area (Å²) in [5.41, 5.74) is 3.70. The summed E-state index contributed by atoms with van der Waals surface area (Å²) >= 11 is 0. The number of nitrogens with zero attached hydrogens (tertiary/aromatic N) is 2. The molecule has 100 valence electrons. The number of benzene rings is 1. The number of amides is 1. The van der Waals surface area contributed by atoms with Crippen LogP contribution in [0.25, 0.3) is 16.9 Å². The third-order valence-electron chi connectivity index (χ3n) is 3.11. The molecule has 0 atom stereocenters. The van der Waals surface area contributed by atoms with Crippen molar-refractivity contribution >= 4 is 17.4 Å². The number of carbonyl (C=O) groups excluding carboxylic acids is 1. The first kappa shape index (κ1) is 12.4. The summed E-state index contributed by atoms with van der Waals surface area (Å²) < 4.78 is 1.92. The van der Waals surface area contributed by atoms with Crippen LogP contribution < -0.4 is 5.32 Å². The summed E-state index contributed by atoms with van der Waals surface area (Å²) in [6.07, 6.45) is 1.97. The summed E-state index contributed by atoms with van der Waals surface area (Å²) in [6, 6.07) is 13.8. The van der Waals surface area contributed by atoms with Crippen LogP contribution in [0, 0.1) is 6.92 Å². The molecule has 0 bridgehead atoms. The molecule has 2 aromatic heterocycles. The van der Waals surface area contributed by atoms with Crippen molar-refractivity contribution in [2.75, 3.05) is 5.32 Å². The van der Waals surface area contributed by atoms with Gasteiger partial charge in [-0.2, -0.15) is 0 Å². The number of pyridine rings is 1. The zero-order valence-electron chi connectivity index (χ0n) is 11.4. The van der Waals surface area contributed by atoms with Gasteiger partial charge in [-0.3, -0.25) is 9.20 Å². The topological polar surface area (TPSA) is 46.4 Å². The third-order valence-corrected chi connectivity index (χ3v) is 3.11. The molecule has 1 amide bonds. The number of anilines is 1. The highest BCUT2D eigenvalue weighted by atomic mass is 16.1. The van der Waals surface area contributed by atoms with Gasteiger partial charge in [0.2, 0.25) is 5.91 Å². The Kier molecular flexibility index (Phi) is 2.99. The van der Waals surface area contributed by atoms with Crippen molar-refractivity contribution in [3.05, 3.63) is 54.2 Å². The lowest BCUT2D eigenvalue weighted by atomic mass is 10.1. The Morgan fingerprint density at radius 3 is 2.60 bits per heavy atom. The van der Waals surface area contributed by atoms with Crippen LogP contribution in [0.4, 0.5) is 5.82 Å². The average Bonchev–Trinajstić information content (AvgIpc) is 2.77. The summed E-state index contributed by atoms with van der Waals surface area (Å²) in [4.78, 5) is 16.1. The Bertz CT molecular complexity index is 775. The third kappa shape index (κ3) is 2.16. The number of aromatic nitrogens is 2. The van der Waals surface area contributed by atoms with E-state index in [4.69, 9.17) is 0 Å². The van der Waals surface area contributed by atoms with Crippen molar-refractivity contribution in [1.82, 2.24) is 9.38 Å². The Morgan fingerprint density at radius 1 is 1.15 bits per heavy atom. The maximum Gasteiger partial charge on any atom is 0.222 e. The minimum atomic E-state index is -0.106. The summed E-state index contributed by atoms with van der Waals surface area (Å²) in [5, 5.41) is 2.88. The molecule has 4 nitrogen and oxygen atoms in total. The van der Waals surface area contributed by atoms with Gasteiger partial charge >= 0.3 is 0 Å². The lowest BCUT2D eigenvalue weighted by Crippen LogP contribution is -2.09. The highest BCUT2D eigenvalue weighted by Gasteiger charge is 2.14. The van der Waals surface area contributed by atoms with Crippen molar-refractivity contribution in [2.45, 2.75) is 13.8 Å². The molecule has 3 rings (SSSR count). The van der Waals surface area contributed by atoms with E-state index in [1.165, 1.54) is 6.92 Å². The van der Waals surface area contributed by atoms with E-state index in [1.54, 1.807) is 0 Å². The number of fused-ring (bicyclic) bond motifs is 1. The Labute approximate surface area is 117 Å². The van der Waals surface area contributed by atoms with Crippen LogP contribution in [-0.2, 0) is 4.79 Å². The first-order valence-electron chi connectivity index (χ1n) is 6.47. The number of imidazole rings is 1. The lowest BCUT2D eigenvalue weighted by molar-refractivity contribution is -0.114. The minimum Gasteiger partial charge on any atom is -0.310 e. The molecule has 0 aliphatic carbocycles. The zero-order valence-corrected chi connectivity index (χ0v) is 11.4. The second-order valence-corrected chi connectivity index (χ2v) is 4.79. The van der Waals surface area contributed by atoms with Gasteiger partial charge in [0.1, 0.15) is 17.2 Å². The Morgan fingerprint density at radius 2 is 1.90 bits per heavy atom. The summed E-state index contributed by atoms with van der Waals surface area (Å²) in [6.45, 7) is 3.52. The van der Waals surface area contributed by atoms with Crippen molar-refractivity contribution in [3.8, 4) is 11.3 Å². The van der Waals surface area contributed by atoms with Crippen molar-refractivity contribution < 1.29 is 4.79 Å². The number of rotatable bonds is 2. The maximum atomic E-state index is 11.5. The van der Waals surface area contributed by atoms with Crippen molar-refractivity contribution in [3.63, 3.8) is 0 Å². The number of carbonyl (C=O) groups is 1. The first-order valence-corrected chi connectivity index (χ1v) is 6.47. The van der Waals surface area contributed by atoms with Crippen LogP contribution in [0.15, 0.2) is 48.7 Å². The second-order valence-electron chi connectivity index (χ2n) is 4.79. The van der Waals surface area contributed by atoms with Crippen LogP contribution in [0.5, 0.6) is 0 Å². The maximum absolute atomic E-state index is 11.5. The van der Waals surface area contributed by atoms with Gasteiger partial charge in [0.05, 0.1) is 0 Å². The molecular formula is C16H15N3O. The molecule has 1 aromatic carbocycles. The van der Waals surface area contributed by atoms with Crippen molar-refractivity contribution in [1.29, 1.82) is 0 Å². The van der Waals surface area contributed by atoms with Crippen LogP contribution in [0.1, 0.15) is 12.5 Å². The van der Waals surface area contributed by atoms with Gasteiger partial charge in [-0.15, -0.1) is 0 Å². The van der Waals surface area contributed by atoms with Gasteiger partial charge in [0.15, 0.2) is 0 Å². The quantitative estimate of drug-likeness (QED) is 0.773. The minimum absolute atomic E-state index is 0.106. The standard InChI is InChI=1S/C16H15N3O/c1-11-8-9-14-18-15(13-6-4-3-5-7-13)16(17-12(2)20)19(14)10-11/h3-10H,1-2H3,(H,17,20). The van der Waals surface area contributed by atoms with E-state index in [2.05, 4.69) is 10.3 Å². The number of aryl methyl sites for hydroxylation is 1. The fourth-order valence-corrected chi connectivity index (χ4v) is 2.23. The molecular weight excluding hydrogens is 250 g/mol. The number of hydrogen-bond donors (Lipinski definition) is 1. The summed E-state index contributed by atoms with van der Waals surface area (Å²) in [5.74, 6) is 0.605. The summed E-state index contributed by atoms with van der Waals surface area (Å²) in [7, 11) is 0. The van der Waals surface area contributed by atoms with Gasteiger partial charge in [-0.25, -0.2) is 4.98 Å².